The number of aldehydes is 1. The predicted octanol–water partition coefficient (Wildman–Crippen LogP) is 4.26. The van der Waals surface area contributed by atoms with Gasteiger partial charge in [0, 0.05) is 23.2 Å². The van der Waals surface area contributed by atoms with Crippen molar-refractivity contribution in [3.63, 3.8) is 0 Å². The molecule has 26 heavy (non-hydrogen) atoms. The lowest BCUT2D eigenvalue weighted by atomic mass is 9.96. The van der Waals surface area contributed by atoms with Gasteiger partial charge in [0.1, 0.15) is 19.5 Å². The maximum absolute atomic E-state index is 10.8. The quantitative estimate of drug-likeness (QED) is 0.818. The molecule has 1 N–H and O–H groups in total. The largest absolute Gasteiger partial charge is 0.486 e. The van der Waals surface area contributed by atoms with Crippen molar-refractivity contribution >= 4 is 6.29 Å². The summed E-state index contributed by atoms with van der Waals surface area (Å²) in [6.07, 6.45) is 4.36. The number of fused-ring (bicyclic) bond motifs is 1. The van der Waals surface area contributed by atoms with Crippen LogP contribution < -0.4 is 14.8 Å². The van der Waals surface area contributed by atoms with Crippen LogP contribution in [0.2, 0.25) is 0 Å². The van der Waals surface area contributed by atoms with Crippen LogP contribution in [-0.2, 0) is 0 Å². The zero-order chi connectivity index (χ0) is 17.9. The molecule has 2 aliphatic rings. The number of para-hydroxylation sites is 1. The van der Waals surface area contributed by atoms with Gasteiger partial charge in [0.25, 0.3) is 0 Å². The predicted molar refractivity (Wildman–Crippen MR) is 101 cm³/mol. The van der Waals surface area contributed by atoms with E-state index in [-0.39, 0.29) is 6.04 Å². The van der Waals surface area contributed by atoms with Crippen molar-refractivity contribution in [2.24, 2.45) is 0 Å². The minimum absolute atomic E-state index is 0.216. The molecule has 0 radical (unpaired) electrons. The topological polar surface area (TPSA) is 47.6 Å². The van der Waals surface area contributed by atoms with E-state index < -0.39 is 0 Å². The summed E-state index contributed by atoms with van der Waals surface area (Å²) in [4.78, 5) is 10.8. The van der Waals surface area contributed by atoms with E-state index in [1.54, 1.807) is 0 Å². The van der Waals surface area contributed by atoms with E-state index in [1.807, 2.05) is 24.3 Å². The second kappa shape index (κ2) is 7.50. The Morgan fingerprint density at radius 3 is 2.69 bits per heavy atom. The van der Waals surface area contributed by atoms with E-state index in [1.165, 1.54) is 17.5 Å². The maximum atomic E-state index is 10.8. The lowest BCUT2D eigenvalue weighted by Gasteiger charge is -2.26. The molecule has 136 valence electrons. The van der Waals surface area contributed by atoms with Crippen molar-refractivity contribution in [2.75, 3.05) is 13.2 Å². The zero-order valence-electron chi connectivity index (χ0n) is 15.1. The molecule has 1 fully saturated rings. The first-order chi connectivity index (χ1) is 12.7. The van der Waals surface area contributed by atoms with E-state index in [2.05, 4.69) is 30.4 Å². The average Bonchev–Trinajstić information content (AvgIpc) is 3.16. The second-order valence-electron chi connectivity index (χ2n) is 7.25. The van der Waals surface area contributed by atoms with Crippen LogP contribution in [0.15, 0.2) is 42.5 Å². The first-order valence-corrected chi connectivity index (χ1v) is 9.44. The van der Waals surface area contributed by atoms with E-state index >= 15 is 0 Å². The Labute approximate surface area is 154 Å². The summed E-state index contributed by atoms with van der Waals surface area (Å²) in [5.41, 5.74) is 3.24. The molecule has 0 aromatic heterocycles. The number of hydrogen-bond acceptors (Lipinski definition) is 4. The molecule has 4 rings (SSSR count). The molecule has 4 nitrogen and oxygen atoms in total. The Balaban J connectivity index is 1.41. The molecule has 0 spiro atoms. The Bertz CT molecular complexity index is 771. The lowest BCUT2D eigenvalue weighted by Crippen LogP contribution is -2.30. The third-order valence-electron chi connectivity index (χ3n) is 5.53. The molecular weight excluding hydrogens is 326 g/mol. The van der Waals surface area contributed by atoms with Gasteiger partial charge in [-0.15, -0.1) is 0 Å². The molecule has 1 aliphatic carbocycles. The molecule has 0 saturated heterocycles. The normalized spacial score (nSPS) is 22.8. The molecule has 1 heterocycles. The van der Waals surface area contributed by atoms with Crippen LogP contribution in [0, 0.1) is 0 Å². The maximum Gasteiger partial charge on any atom is 0.166 e. The minimum Gasteiger partial charge on any atom is -0.486 e. The van der Waals surface area contributed by atoms with Gasteiger partial charge in [-0.25, -0.2) is 0 Å². The number of hydrogen-bond donors (Lipinski definition) is 1. The molecule has 0 amide bonds. The molecule has 1 saturated carbocycles. The third kappa shape index (κ3) is 3.47. The first-order valence-electron chi connectivity index (χ1n) is 9.44. The molecule has 3 unspecified atom stereocenters. The summed E-state index contributed by atoms with van der Waals surface area (Å²) >= 11 is 0. The highest BCUT2D eigenvalue weighted by atomic mass is 16.6. The highest BCUT2D eigenvalue weighted by Gasteiger charge is 2.28. The average molecular weight is 351 g/mol. The second-order valence-corrected chi connectivity index (χ2v) is 7.25. The minimum atomic E-state index is 0.216. The molecule has 2 aromatic rings. The molecule has 4 heteroatoms. The Kier molecular flexibility index (Phi) is 4.93. The van der Waals surface area contributed by atoms with Gasteiger partial charge in [0.2, 0.25) is 0 Å². The number of rotatable bonds is 5. The third-order valence-corrected chi connectivity index (χ3v) is 5.53. The lowest BCUT2D eigenvalue weighted by molar-refractivity contribution is 0.112. The fourth-order valence-corrected chi connectivity index (χ4v) is 4.16. The zero-order valence-corrected chi connectivity index (χ0v) is 15.1. The van der Waals surface area contributed by atoms with Crippen molar-refractivity contribution in [2.45, 2.75) is 44.2 Å². The van der Waals surface area contributed by atoms with Crippen LogP contribution in [0.5, 0.6) is 11.5 Å². The molecule has 2 aromatic carbocycles. The SMILES string of the molecule is CC(NC1CCC(c2ccc(C=O)cc2)C1)c1cccc2c1OCCO2. The molecular formula is C22H25NO3. The van der Waals surface area contributed by atoms with Gasteiger partial charge in [0.05, 0.1) is 0 Å². The molecule has 3 atom stereocenters. The molecule has 0 bridgehead atoms. The van der Waals surface area contributed by atoms with Gasteiger partial charge >= 0.3 is 0 Å². The van der Waals surface area contributed by atoms with Gasteiger partial charge in [0.15, 0.2) is 11.5 Å². The van der Waals surface area contributed by atoms with Crippen LogP contribution in [0.4, 0.5) is 0 Å². The van der Waals surface area contributed by atoms with E-state index in [9.17, 15) is 4.79 Å². The van der Waals surface area contributed by atoms with Gasteiger partial charge in [-0.3, -0.25) is 4.79 Å². The van der Waals surface area contributed by atoms with Crippen molar-refractivity contribution in [1.29, 1.82) is 0 Å². The number of carbonyl (C=O) groups excluding carboxylic acids is 1. The Morgan fingerprint density at radius 2 is 1.88 bits per heavy atom. The number of nitrogens with one attached hydrogen (secondary N) is 1. The van der Waals surface area contributed by atoms with Crippen LogP contribution in [0.1, 0.15) is 59.6 Å². The fourth-order valence-electron chi connectivity index (χ4n) is 4.16. The number of carbonyl (C=O) groups is 1. The van der Waals surface area contributed by atoms with Crippen molar-refractivity contribution in [3.8, 4) is 11.5 Å². The van der Waals surface area contributed by atoms with Gasteiger partial charge in [-0.05, 0) is 43.7 Å². The van der Waals surface area contributed by atoms with Crippen molar-refractivity contribution < 1.29 is 14.3 Å². The van der Waals surface area contributed by atoms with Gasteiger partial charge in [-0.2, -0.15) is 0 Å². The van der Waals surface area contributed by atoms with Crippen LogP contribution >= 0.6 is 0 Å². The Morgan fingerprint density at radius 1 is 1.08 bits per heavy atom. The standard InChI is InChI=1S/C22H25NO3/c1-15(20-3-2-4-21-22(20)26-12-11-25-21)23-19-10-9-18(13-19)17-7-5-16(14-24)6-8-17/h2-8,14-15,18-19,23H,9-13H2,1H3. The summed E-state index contributed by atoms with van der Waals surface area (Å²) in [5.74, 6) is 2.30. The number of ether oxygens (including phenoxy) is 2. The monoisotopic (exact) mass is 351 g/mol. The summed E-state index contributed by atoms with van der Waals surface area (Å²) in [7, 11) is 0. The first kappa shape index (κ1) is 17.1. The fraction of sp³-hybridized carbons (Fsp3) is 0.409. The van der Waals surface area contributed by atoms with Crippen molar-refractivity contribution in [1.82, 2.24) is 5.32 Å². The van der Waals surface area contributed by atoms with E-state index in [0.29, 0.717) is 25.2 Å². The number of benzene rings is 2. The summed E-state index contributed by atoms with van der Waals surface area (Å²) < 4.78 is 11.6. The summed E-state index contributed by atoms with van der Waals surface area (Å²) in [6.45, 7) is 3.42. The highest BCUT2D eigenvalue weighted by Crippen LogP contribution is 2.39. The van der Waals surface area contributed by atoms with Crippen LogP contribution in [0.3, 0.4) is 0 Å². The molecule has 1 aliphatic heterocycles. The van der Waals surface area contributed by atoms with Crippen LogP contribution in [0.25, 0.3) is 0 Å². The summed E-state index contributed by atoms with van der Waals surface area (Å²) in [6, 6.07) is 14.9. The smallest absolute Gasteiger partial charge is 0.166 e. The van der Waals surface area contributed by atoms with Crippen LogP contribution in [-0.4, -0.2) is 25.5 Å². The van der Waals surface area contributed by atoms with Crippen molar-refractivity contribution in [3.05, 3.63) is 59.2 Å². The van der Waals surface area contributed by atoms with E-state index in [0.717, 1.165) is 36.2 Å². The van der Waals surface area contributed by atoms with E-state index in [4.69, 9.17) is 9.47 Å². The van der Waals surface area contributed by atoms with Gasteiger partial charge < -0.3 is 14.8 Å². The highest BCUT2D eigenvalue weighted by molar-refractivity contribution is 5.74. The Hall–Kier alpha value is -2.33. The van der Waals surface area contributed by atoms with Gasteiger partial charge in [-0.1, -0.05) is 36.4 Å². The summed E-state index contributed by atoms with van der Waals surface area (Å²) in [5, 5.41) is 3.78.